The van der Waals surface area contributed by atoms with Crippen molar-refractivity contribution in [2.24, 2.45) is 0 Å². The molecule has 5 nitrogen and oxygen atoms in total. The molecular formula is C20H19NO4. The van der Waals surface area contributed by atoms with Gasteiger partial charge in [0.25, 0.3) is 5.91 Å². The van der Waals surface area contributed by atoms with E-state index >= 15 is 0 Å². The van der Waals surface area contributed by atoms with Crippen LogP contribution in [-0.2, 0) is 4.79 Å². The van der Waals surface area contributed by atoms with Crippen LogP contribution in [0.5, 0.6) is 5.75 Å². The number of amides is 1. The van der Waals surface area contributed by atoms with Crippen LogP contribution < -0.4 is 15.7 Å². The highest BCUT2D eigenvalue weighted by Crippen LogP contribution is 2.21. The van der Waals surface area contributed by atoms with Gasteiger partial charge in [-0.15, -0.1) is 0 Å². The van der Waals surface area contributed by atoms with Crippen LogP contribution in [0.3, 0.4) is 0 Å². The number of nitrogens with one attached hydrogen (secondary N) is 1. The minimum absolute atomic E-state index is 0.282. The molecule has 2 aromatic carbocycles. The zero-order chi connectivity index (χ0) is 18.0. The number of benzene rings is 2. The van der Waals surface area contributed by atoms with Crippen LogP contribution in [-0.4, -0.2) is 12.0 Å². The molecule has 1 amide bonds. The molecule has 0 aliphatic heterocycles. The number of anilines is 1. The molecule has 5 heteroatoms. The van der Waals surface area contributed by atoms with E-state index in [0.717, 1.165) is 16.5 Å². The van der Waals surface area contributed by atoms with Gasteiger partial charge < -0.3 is 14.5 Å². The summed E-state index contributed by atoms with van der Waals surface area (Å²) in [7, 11) is 0. The van der Waals surface area contributed by atoms with E-state index in [2.05, 4.69) is 5.32 Å². The van der Waals surface area contributed by atoms with Gasteiger partial charge in [-0.2, -0.15) is 0 Å². The Hall–Kier alpha value is -3.08. The lowest BCUT2D eigenvalue weighted by Gasteiger charge is -2.15. The third-order valence-corrected chi connectivity index (χ3v) is 3.89. The van der Waals surface area contributed by atoms with Crippen LogP contribution in [0.1, 0.15) is 18.1 Å². The molecule has 25 heavy (non-hydrogen) atoms. The fourth-order valence-electron chi connectivity index (χ4n) is 2.59. The van der Waals surface area contributed by atoms with Crippen molar-refractivity contribution in [2.45, 2.75) is 26.9 Å². The van der Waals surface area contributed by atoms with E-state index in [1.807, 2.05) is 44.2 Å². The first-order chi connectivity index (χ1) is 11.9. The Labute approximate surface area is 145 Å². The second kappa shape index (κ2) is 6.81. The number of hydrogen-bond acceptors (Lipinski definition) is 4. The van der Waals surface area contributed by atoms with E-state index < -0.39 is 11.7 Å². The second-order valence-corrected chi connectivity index (χ2v) is 6.03. The number of hydrogen-bond donors (Lipinski definition) is 1. The Morgan fingerprint density at radius 1 is 1.12 bits per heavy atom. The van der Waals surface area contributed by atoms with Crippen LogP contribution in [0.4, 0.5) is 5.69 Å². The lowest BCUT2D eigenvalue weighted by Crippen LogP contribution is -2.30. The summed E-state index contributed by atoms with van der Waals surface area (Å²) in [6, 6.07) is 14.2. The predicted molar refractivity (Wildman–Crippen MR) is 97.1 cm³/mol. The lowest BCUT2D eigenvalue weighted by atomic mass is 10.1. The van der Waals surface area contributed by atoms with Crippen molar-refractivity contribution in [2.75, 3.05) is 5.32 Å². The molecule has 0 bridgehead atoms. The summed E-state index contributed by atoms with van der Waals surface area (Å²) >= 11 is 0. The maximum absolute atomic E-state index is 12.3. The Bertz CT molecular complexity index is 990. The molecule has 3 aromatic rings. The fraction of sp³-hybridized carbons (Fsp3) is 0.200. The molecule has 0 spiro atoms. The fourth-order valence-corrected chi connectivity index (χ4v) is 2.59. The van der Waals surface area contributed by atoms with Gasteiger partial charge in [0.2, 0.25) is 0 Å². The summed E-state index contributed by atoms with van der Waals surface area (Å²) in [6.07, 6.45) is -0.665. The van der Waals surface area contributed by atoms with Crippen molar-refractivity contribution < 1.29 is 13.9 Å². The van der Waals surface area contributed by atoms with Gasteiger partial charge in [-0.25, -0.2) is 4.79 Å². The van der Waals surface area contributed by atoms with Crippen molar-refractivity contribution in [1.29, 1.82) is 0 Å². The Kier molecular flexibility index (Phi) is 4.57. The molecule has 1 atom stereocenters. The maximum atomic E-state index is 12.3. The van der Waals surface area contributed by atoms with Crippen molar-refractivity contribution in [3.8, 4) is 5.75 Å². The molecular weight excluding hydrogens is 318 g/mol. The second-order valence-electron chi connectivity index (χ2n) is 6.03. The van der Waals surface area contributed by atoms with Crippen LogP contribution in [0.15, 0.2) is 57.7 Å². The normalized spacial score (nSPS) is 12.0. The van der Waals surface area contributed by atoms with Crippen molar-refractivity contribution in [1.82, 2.24) is 0 Å². The molecule has 0 saturated heterocycles. The molecule has 3 rings (SSSR count). The average molecular weight is 337 g/mol. The van der Waals surface area contributed by atoms with Crippen molar-refractivity contribution in [3.05, 3.63) is 70.1 Å². The number of carbonyl (C=O) groups is 1. The molecule has 0 aliphatic rings. The minimum atomic E-state index is -0.665. The topological polar surface area (TPSA) is 68.5 Å². The summed E-state index contributed by atoms with van der Waals surface area (Å²) < 4.78 is 10.9. The molecule has 0 saturated carbocycles. The van der Waals surface area contributed by atoms with Crippen LogP contribution >= 0.6 is 0 Å². The minimum Gasteiger partial charge on any atom is -0.481 e. The highest BCUT2D eigenvalue weighted by molar-refractivity contribution is 5.96. The van der Waals surface area contributed by atoms with Crippen LogP contribution in [0.2, 0.25) is 0 Å². The molecule has 0 aliphatic carbocycles. The first-order valence-corrected chi connectivity index (χ1v) is 8.01. The third-order valence-electron chi connectivity index (χ3n) is 3.89. The van der Waals surface area contributed by atoms with Gasteiger partial charge in [0, 0.05) is 23.2 Å². The Morgan fingerprint density at radius 2 is 1.92 bits per heavy atom. The van der Waals surface area contributed by atoms with Gasteiger partial charge in [-0.3, -0.25) is 4.79 Å². The maximum Gasteiger partial charge on any atom is 0.336 e. The third kappa shape index (κ3) is 3.88. The first-order valence-electron chi connectivity index (χ1n) is 8.01. The number of fused-ring (bicyclic) bond motifs is 1. The van der Waals surface area contributed by atoms with Crippen molar-refractivity contribution >= 4 is 22.6 Å². The molecule has 0 radical (unpaired) electrons. The Balaban J connectivity index is 1.76. The summed E-state index contributed by atoms with van der Waals surface area (Å²) in [5.41, 5.74) is 2.47. The largest absolute Gasteiger partial charge is 0.481 e. The van der Waals surface area contributed by atoms with Gasteiger partial charge in [0.05, 0.1) is 0 Å². The highest BCUT2D eigenvalue weighted by atomic mass is 16.5. The standard InChI is InChI=1S/C20H19NO4/c1-12-5-4-6-16(9-12)24-14(3)20(23)21-15-7-8-17-13(2)10-19(22)25-18(17)11-15/h4-11,14H,1-3H3,(H,21,23)/t14-/m0/s1. The zero-order valence-corrected chi connectivity index (χ0v) is 14.3. The smallest absolute Gasteiger partial charge is 0.336 e. The Morgan fingerprint density at radius 3 is 2.68 bits per heavy atom. The number of carbonyl (C=O) groups excluding carboxylic acids is 1. The number of ether oxygens (including phenoxy) is 1. The van der Waals surface area contributed by atoms with Gasteiger partial charge in [0.1, 0.15) is 11.3 Å². The summed E-state index contributed by atoms with van der Waals surface area (Å²) in [5, 5.41) is 3.62. The van der Waals surface area contributed by atoms with E-state index in [1.54, 1.807) is 19.1 Å². The number of rotatable bonds is 4. The van der Waals surface area contributed by atoms with E-state index in [4.69, 9.17) is 9.15 Å². The molecule has 0 unspecified atom stereocenters. The monoisotopic (exact) mass is 337 g/mol. The van der Waals surface area contributed by atoms with Gasteiger partial charge in [-0.1, -0.05) is 12.1 Å². The lowest BCUT2D eigenvalue weighted by molar-refractivity contribution is -0.122. The predicted octanol–water partition coefficient (Wildman–Crippen LogP) is 3.82. The van der Waals surface area contributed by atoms with E-state index in [0.29, 0.717) is 17.0 Å². The zero-order valence-electron chi connectivity index (χ0n) is 14.3. The van der Waals surface area contributed by atoms with Crippen molar-refractivity contribution in [3.63, 3.8) is 0 Å². The molecule has 128 valence electrons. The SMILES string of the molecule is Cc1cccc(O[C@@H](C)C(=O)Nc2ccc3c(C)cc(=O)oc3c2)c1. The van der Waals surface area contributed by atoms with Crippen LogP contribution in [0.25, 0.3) is 11.0 Å². The average Bonchev–Trinajstić information content (AvgIpc) is 2.54. The summed E-state index contributed by atoms with van der Waals surface area (Å²) in [5.74, 6) is 0.360. The number of aryl methyl sites for hydroxylation is 2. The van der Waals surface area contributed by atoms with Gasteiger partial charge >= 0.3 is 5.63 Å². The van der Waals surface area contributed by atoms with E-state index in [1.165, 1.54) is 6.07 Å². The van der Waals surface area contributed by atoms with Gasteiger partial charge in [-0.05, 0) is 56.2 Å². The van der Waals surface area contributed by atoms with Gasteiger partial charge in [0.15, 0.2) is 6.10 Å². The van der Waals surface area contributed by atoms with E-state index in [-0.39, 0.29) is 5.91 Å². The highest BCUT2D eigenvalue weighted by Gasteiger charge is 2.15. The quantitative estimate of drug-likeness (QED) is 0.735. The van der Waals surface area contributed by atoms with Crippen LogP contribution in [0, 0.1) is 13.8 Å². The molecule has 1 N–H and O–H groups in total. The molecule has 0 fully saturated rings. The molecule has 1 heterocycles. The first kappa shape index (κ1) is 16.8. The summed E-state index contributed by atoms with van der Waals surface area (Å²) in [4.78, 5) is 23.8. The summed E-state index contributed by atoms with van der Waals surface area (Å²) in [6.45, 7) is 5.49. The van der Waals surface area contributed by atoms with E-state index in [9.17, 15) is 9.59 Å². The molecule has 1 aromatic heterocycles.